The summed E-state index contributed by atoms with van der Waals surface area (Å²) < 4.78 is 0. The molecule has 0 aliphatic heterocycles. The molecule has 0 aliphatic carbocycles. The van der Waals surface area contributed by atoms with Gasteiger partial charge in [-0.1, -0.05) is 0 Å². The average molecular weight is 254 g/mol. The number of aliphatic carboxylic acids is 1. The Labute approximate surface area is 101 Å². The number of carbonyl (C=O) groups is 2. The van der Waals surface area contributed by atoms with Crippen molar-refractivity contribution in [3.05, 3.63) is 0 Å². The zero-order valence-electron chi connectivity index (χ0n) is 9.53. The first-order valence-corrected chi connectivity index (χ1v) is 4.76. The van der Waals surface area contributed by atoms with E-state index in [1.54, 1.807) is 13.8 Å². The summed E-state index contributed by atoms with van der Waals surface area (Å²) in [6.07, 6.45) is 0.232. The molecule has 0 bridgehead atoms. The minimum absolute atomic E-state index is 0. The van der Waals surface area contributed by atoms with Gasteiger partial charge in [0.2, 0.25) is 5.91 Å². The quantitative estimate of drug-likeness (QED) is 0.486. The van der Waals surface area contributed by atoms with Gasteiger partial charge < -0.3 is 21.9 Å². The molecule has 16 heavy (non-hydrogen) atoms. The number of nitrogens with one attached hydrogen (secondary N) is 1. The second-order valence-electron chi connectivity index (χ2n) is 4.27. The second-order valence-corrected chi connectivity index (χ2v) is 4.27. The predicted molar refractivity (Wildman–Crippen MR) is 63.4 cm³/mol. The summed E-state index contributed by atoms with van der Waals surface area (Å²) in [6, 6.07) is -0.777. The van der Waals surface area contributed by atoms with Crippen LogP contribution in [0.3, 0.4) is 0 Å². The average Bonchev–Trinajstić information content (AvgIpc) is 2.00. The molecular weight excluding hydrogens is 234 g/mol. The van der Waals surface area contributed by atoms with Crippen LogP contribution in [0, 0.1) is 0 Å². The molecule has 0 fully saturated rings. The van der Waals surface area contributed by atoms with Crippen LogP contribution in [0.1, 0.15) is 26.7 Å². The standard InChI is InChI=1S/C9H19N3O3.ClH/c1-9(2,11)5-12-6(8(14)15)3-4-7(10)13;/h6,12H,3-5,11H2,1-2H3,(H2,10,13)(H,14,15);1H/t6-;/m0./s1. The van der Waals surface area contributed by atoms with Gasteiger partial charge in [-0.15, -0.1) is 12.4 Å². The number of carbonyl (C=O) groups excluding carboxylic acids is 1. The van der Waals surface area contributed by atoms with E-state index in [4.69, 9.17) is 16.6 Å². The Bertz CT molecular complexity index is 241. The molecule has 7 heteroatoms. The van der Waals surface area contributed by atoms with Gasteiger partial charge in [0.1, 0.15) is 6.04 Å². The summed E-state index contributed by atoms with van der Waals surface area (Å²) in [5, 5.41) is 11.6. The molecule has 0 radical (unpaired) electrons. The fourth-order valence-electron chi connectivity index (χ4n) is 0.986. The number of hydrogen-bond donors (Lipinski definition) is 4. The van der Waals surface area contributed by atoms with Crippen LogP contribution < -0.4 is 16.8 Å². The molecule has 0 aromatic carbocycles. The minimum atomic E-state index is -1.000. The Morgan fingerprint density at radius 1 is 1.44 bits per heavy atom. The largest absolute Gasteiger partial charge is 0.480 e. The zero-order valence-corrected chi connectivity index (χ0v) is 10.3. The van der Waals surface area contributed by atoms with E-state index in [-0.39, 0.29) is 25.2 Å². The molecule has 6 N–H and O–H groups in total. The molecular formula is C9H20ClN3O3. The summed E-state index contributed by atoms with van der Waals surface area (Å²) in [6.45, 7) is 3.93. The summed E-state index contributed by atoms with van der Waals surface area (Å²) >= 11 is 0. The molecule has 0 aromatic heterocycles. The first kappa shape index (κ1) is 17.5. The number of amides is 1. The molecule has 0 heterocycles. The van der Waals surface area contributed by atoms with Crippen LogP contribution in [-0.4, -0.2) is 35.1 Å². The van der Waals surface area contributed by atoms with Gasteiger partial charge in [-0.05, 0) is 20.3 Å². The maximum absolute atomic E-state index is 10.8. The molecule has 0 rings (SSSR count). The SMILES string of the molecule is CC(C)(N)CN[C@@H](CCC(N)=O)C(=O)O.Cl. The van der Waals surface area contributed by atoms with Crippen LogP contribution in [0.15, 0.2) is 0 Å². The topological polar surface area (TPSA) is 118 Å². The van der Waals surface area contributed by atoms with E-state index in [2.05, 4.69) is 5.32 Å². The van der Waals surface area contributed by atoms with Crippen molar-refractivity contribution in [1.29, 1.82) is 0 Å². The van der Waals surface area contributed by atoms with Crippen LogP contribution in [0.2, 0.25) is 0 Å². The van der Waals surface area contributed by atoms with Crippen LogP contribution in [0.4, 0.5) is 0 Å². The summed E-state index contributed by atoms with van der Waals surface area (Å²) in [4.78, 5) is 21.3. The van der Waals surface area contributed by atoms with E-state index in [1.165, 1.54) is 0 Å². The Morgan fingerprint density at radius 3 is 2.25 bits per heavy atom. The first-order chi connectivity index (χ1) is 6.72. The Kier molecular flexibility index (Phi) is 8.14. The van der Waals surface area contributed by atoms with Gasteiger partial charge in [-0.25, -0.2) is 0 Å². The zero-order chi connectivity index (χ0) is 12.1. The number of carboxylic acid groups (broad SMARTS) is 1. The summed E-state index contributed by atoms with van der Waals surface area (Å²) in [7, 11) is 0. The normalized spacial score (nSPS) is 12.7. The van der Waals surface area contributed by atoms with Gasteiger partial charge in [0, 0.05) is 18.5 Å². The summed E-state index contributed by atoms with van der Waals surface area (Å²) in [5.74, 6) is -1.50. The fourth-order valence-corrected chi connectivity index (χ4v) is 0.986. The third kappa shape index (κ3) is 9.70. The van der Waals surface area contributed by atoms with E-state index in [0.29, 0.717) is 6.54 Å². The number of carboxylic acids is 1. The first-order valence-electron chi connectivity index (χ1n) is 4.76. The highest BCUT2D eigenvalue weighted by Gasteiger charge is 2.20. The van der Waals surface area contributed by atoms with Gasteiger partial charge in [0.15, 0.2) is 0 Å². The van der Waals surface area contributed by atoms with E-state index in [1.807, 2.05) is 0 Å². The van der Waals surface area contributed by atoms with Crippen LogP contribution in [0.25, 0.3) is 0 Å². The molecule has 1 atom stereocenters. The number of nitrogens with two attached hydrogens (primary N) is 2. The van der Waals surface area contributed by atoms with Crippen molar-refractivity contribution in [2.45, 2.75) is 38.3 Å². The van der Waals surface area contributed by atoms with E-state index >= 15 is 0 Å². The lowest BCUT2D eigenvalue weighted by Gasteiger charge is -2.22. The molecule has 6 nitrogen and oxygen atoms in total. The lowest BCUT2D eigenvalue weighted by atomic mass is 10.1. The van der Waals surface area contributed by atoms with Gasteiger partial charge >= 0.3 is 5.97 Å². The second kappa shape index (κ2) is 7.43. The van der Waals surface area contributed by atoms with Crippen molar-refractivity contribution in [2.75, 3.05) is 6.54 Å². The predicted octanol–water partition coefficient (Wildman–Crippen LogP) is -0.546. The molecule has 0 saturated carbocycles. The van der Waals surface area contributed by atoms with E-state index < -0.39 is 23.5 Å². The molecule has 0 spiro atoms. The summed E-state index contributed by atoms with van der Waals surface area (Å²) in [5.41, 5.74) is 10.1. The highest BCUT2D eigenvalue weighted by atomic mass is 35.5. The highest BCUT2D eigenvalue weighted by Crippen LogP contribution is 2.00. The Balaban J connectivity index is 0. The van der Waals surface area contributed by atoms with Crippen molar-refractivity contribution in [2.24, 2.45) is 11.5 Å². The van der Waals surface area contributed by atoms with Crippen LogP contribution >= 0.6 is 12.4 Å². The number of hydrogen-bond acceptors (Lipinski definition) is 4. The molecule has 0 aliphatic rings. The third-order valence-corrected chi connectivity index (χ3v) is 1.78. The van der Waals surface area contributed by atoms with Gasteiger partial charge in [-0.3, -0.25) is 9.59 Å². The number of halogens is 1. The van der Waals surface area contributed by atoms with Crippen molar-refractivity contribution in [3.63, 3.8) is 0 Å². The number of rotatable bonds is 7. The Morgan fingerprint density at radius 2 is 1.94 bits per heavy atom. The van der Waals surface area contributed by atoms with E-state index in [0.717, 1.165) is 0 Å². The van der Waals surface area contributed by atoms with E-state index in [9.17, 15) is 9.59 Å². The molecule has 0 aromatic rings. The molecule has 1 amide bonds. The maximum Gasteiger partial charge on any atom is 0.320 e. The van der Waals surface area contributed by atoms with Crippen molar-refractivity contribution < 1.29 is 14.7 Å². The van der Waals surface area contributed by atoms with Crippen LogP contribution in [-0.2, 0) is 9.59 Å². The fraction of sp³-hybridized carbons (Fsp3) is 0.778. The minimum Gasteiger partial charge on any atom is -0.480 e. The lowest BCUT2D eigenvalue weighted by Crippen LogP contribution is -2.49. The molecule has 96 valence electrons. The third-order valence-electron chi connectivity index (χ3n) is 1.78. The molecule has 0 unspecified atom stereocenters. The van der Waals surface area contributed by atoms with Gasteiger partial charge in [0.05, 0.1) is 0 Å². The lowest BCUT2D eigenvalue weighted by molar-refractivity contribution is -0.139. The van der Waals surface area contributed by atoms with Crippen molar-refractivity contribution >= 4 is 24.3 Å². The highest BCUT2D eigenvalue weighted by molar-refractivity contribution is 5.85. The monoisotopic (exact) mass is 253 g/mol. The smallest absolute Gasteiger partial charge is 0.320 e. The molecule has 0 saturated heterocycles. The van der Waals surface area contributed by atoms with Crippen LogP contribution in [0.5, 0.6) is 0 Å². The van der Waals surface area contributed by atoms with Crippen molar-refractivity contribution in [3.8, 4) is 0 Å². The van der Waals surface area contributed by atoms with Crippen molar-refractivity contribution in [1.82, 2.24) is 5.32 Å². The maximum atomic E-state index is 10.8. The Hall–Kier alpha value is -0.850. The van der Waals surface area contributed by atoms with Gasteiger partial charge in [0.25, 0.3) is 0 Å². The van der Waals surface area contributed by atoms with Gasteiger partial charge in [-0.2, -0.15) is 0 Å². The number of primary amides is 1.